The molecule has 132 valence electrons. The SMILES string of the molecule is CCC(C)NC(=O)CN1CCN(C(=O)CSc2ccccc2)CC1. The highest BCUT2D eigenvalue weighted by Gasteiger charge is 2.22. The van der Waals surface area contributed by atoms with E-state index in [1.807, 2.05) is 42.2 Å². The van der Waals surface area contributed by atoms with E-state index in [1.54, 1.807) is 11.8 Å². The maximum absolute atomic E-state index is 12.3. The van der Waals surface area contributed by atoms with Crippen LogP contribution in [-0.2, 0) is 9.59 Å². The maximum atomic E-state index is 12.3. The zero-order valence-corrected chi connectivity index (χ0v) is 15.3. The van der Waals surface area contributed by atoms with Gasteiger partial charge in [-0.25, -0.2) is 0 Å². The van der Waals surface area contributed by atoms with Gasteiger partial charge in [-0.15, -0.1) is 11.8 Å². The molecule has 1 unspecified atom stereocenters. The molecule has 1 N–H and O–H groups in total. The molecule has 1 aliphatic rings. The van der Waals surface area contributed by atoms with Gasteiger partial charge in [-0.05, 0) is 25.5 Å². The lowest BCUT2D eigenvalue weighted by molar-refractivity contribution is -0.130. The molecule has 0 bridgehead atoms. The van der Waals surface area contributed by atoms with Crippen molar-refractivity contribution in [3.63, 3.8) is 0 Å². The molecular weight excluding hydrogens is 322 g/mol. The molecule has 1 saturated heterocycles. The molecule has 6 heteroatoms. The molecule has 0 spiro atoms. The Hall–Kier alpha value is -1.53. The number of carbonyl (C=O) groups excluding carboxylic acids is 2. The van der Waals surface area contributed by atoms with E-state index in [0.717, 1.165) is 24.4 Å². The van der Waals surface area contributed by atoms with Crippen LogP contribution in [0.5, 0.6) is 0 Å². The highest BCUT2D eigenvalue weighted by atomic mass is 32.2. The first-order valence-electron chi connectivity index (χ1n) is 8.55. The van der Waals surface area contributed by atoms with Gasteiger partial charge >= 0.3 is 0 Å². The van der Waals surface area contributed by atoms with Gasteiger partial charge in [-0.3, -0.25) is 14.5 Å². The average molecular weight is 350 g/mol. The lowest BCUT2D eigenvalue weighted by Crippen LogP contribution is -2.52. The summed E-state index contributed by atoms with van der Waals surface area (Å²) in [6.45, 7) is 7.41. The number of hydrogen-bond donors (Lipinski definition) is 1. The predicted octanol–water partition coefficient (Wildman–Crippen LogP) is 1.84. The topological polar surface area (TPSA) is 52.7 Å². The number of carbonyl (C=O) groups is 2. The first-order chi connectivity index (χ1) is 11.6. The van der Waals surface area contributed by atoms with E-state index in [-0.39, 0.29) is 17.9 Å². The minimum absolute atomic E-state index is 0.0729. The van der Waals surface area contributed by atoms with Crippen molar-refractivity contribution in [3.8, 4) is 0 Å². The molecular formula is C18H27N3O2S. The lowest BCUT2D eigenvalue weighted by atomic mass is 10.2. The summed E-state index contributed by atoms with van der Waals surface area (Å²) >= 11 is 1.57. The standard InChI is InChI=1S/C18H27N3O2S/c1-3-15(2)19-17(22)13-20-9-11-21(12-10-20)18(23)14-24-16-7-5-4-6-8-16/h4-8,15H,3,9-14H2,1-2H3,(H,19,22). The van der Waals surface area contributed by atoms with Gasteiger partial charge in [0.15, 0.2) is 0 Å². The van der Waals surface area contributed by atoms with Crippen molar-refractivity contribution in [1.82, 2.24) is 15.1 Å². The summed E-state index contributed by atoms with van der Waals surface area (Å²) in [5.41, 5.74) is 0. The molecule has 0 saturated carbocycles. The van der Waals surface area contributed by atoms with Crippen LogP contribution in [0.15, 0.2) is 35.2 Å². The third kappa shape index (κ3) is 6.17. The van der Waals surface area contributed by atoms with E-state index in [9.17, 15) is 9.59 Å². The van der Waals surface area contributed by atoms with Crippen molar-refractivity contribution < 1.29 is 9.59 Å². The van der Waals surface area contributed by atoms with Gasteiger partial charge in [0.05, 0.1) is 12.3 Å². The van der Waals surface area contributed by atoms with Crippen LogP contribution in [0, 0.1) is 0 Å². The van der Waals surface area contributed by atoms with Gasteiger partial charge in [0, 0.05) is 37.1 Å². The van der Waals surface area contributed by atoms with Gasteiger partial charge in [-0.2, -0.15) is 0 Å². The third-order valence-electron chi connectivity index (χ3n) is 4.22. The molecule has 2 rings (SSSR count). The normalized spacial score (nSPS) is 16.7. The molecule has 1 fully saturated rings. The molecule has 1 aliphatic heterocycles. The highest BCUT2D eigenvalue weighted by Crippen LogP contribution is 2.17. The van der Waals surface area contributed by atoms with Gasteiger partial charge in [0.25, 0.3) is 0 Å². The Bertz CT molecular complexity index is 530. The average Bonchev–Trinajstić information content (AvgIpc) is 2.61. The Balaban J connectivity index is 1.68. The Kier molecular flexibility index (Phi) is 7.59. The number of thioether (sulfide) groups is 1. The Morgan fingerprint density at radius 1 is 1.17 bits per heavy atom. The molecule has 1 atom stereocenters. The van der Waals surface area contributed by atoms with E-state index in [1.165, 1.54) is 0 Å². The van der Waals surface area contributed by atoms with Crippen molar-refractivity contribution >= 4 is 23.6 Å². The maximum Gasteiger partial charge on any atom is 0.234 e. The van der Waals surface area contributed by atoms with Crippen LogP contribution in [0.3, 0.4) is 0 Å². The van der Waals surface area contributed by atoms with Crippen molar-refractivity contribution in [2.75, 3.05) is 38.5 Å². The largest absolute Gasteiger partial charge is 0.353 e. The smallest absolute Gasteiger partial charge is 0.234 e. The number of hydrogen-bond acceptors (Lipinski definition) is 4. The number of piperazine rings is 1. The van der Waals surface area contributed by atoms with Crippen molar-refractivity contribution in [1.29, 1.82) is 0 Å². The fourth-order valence-corrected chi connectivity index (χ4v) is 3.36. The third-order valence-corrected chi connectivity index (χ3v) is 5.21. The van der Waals surface area contributed by atoms with Gasteiger partial charge in [-0.1, -0.05) is 25.1 Å². The molecule has 1 aromatic carbocycles. The van der Waals surface area contributed by atoms with Crippen LogP contribution in [-0.4, -0.2) is 66.1 Å². The second-order valence-electron chi connectivity index (χ2n) is 6.14. The molecule has 1 heterocycles. The van der Waals surface area contributed by atoms with Crippen molar-refractivity contribution in [2.24, 2.45) is 0 Å². The molecule has 2 amide bonds. The fraction of sp³-hybridized carbons (Fsp3) is 0.556. The van der Waals surface area contributed by atoms with Gasteiger partial charge in [0.2, 0.25) is 11.8 Å². The first kappa shape index (κ1) is 18.8. The number of nitrogens with one attached hydrogen (secondary N) is 1. The minimum Gasteiger partial charge on any atom is -0.353 e. The highest BCUT2D eigenvalue weighted by molar-refractivity contribution is 8.00. The quantitative estimate of drug-likeness (QED) is 0.763. The van der Waals surface area contributed by atoms with Crippen LogP contribution in [0.25, 0.3) is 0 Å². The van der Waals surface area contributed by atoms with E-state index >= 15 is 0 Å². The fourth-order valence-electron chi connectivity index (χ4n) is 2.53. The van der Waals surface area contributed by atoms with Crippen LogP contribution in [0.4, 0.5) is 0 Å². The summed E-state index contributed by atoms with van der Waals surface area (Å²) in [6.07, 6.45) is 0.938. The van der Waals surface area contributed by atoms with Gasteiger partial charge in [0.1, 0.15) is 0 Å². The Morgan fingerprint density at radius 2 is 1.83 bits per heavy atom. The summed E-state index contributed by atoms with van der Waals surface area (Å²) in [4.78, 5) is 29.3. The molecule has 5 nitrogen and oxygen atoms in total. The van der Waals surface area contributed by atoms with Crippen molar-refractivity contribution in [3.05, 3.63) is 30.3 Å². The summed E-state index contributed by atoms with van der Waals surface area (Å²) in [5.74, 6) is 0.717. The van der Waals surface area contributed by atoms with Crippen LogP contribution in [0.2, 0.25) is 0 Å². The van der Waals surface area contributed by atoms with Crippen LogP contribution >= 0.6 is 11.8 Å². The van der Waals surface area contributed by atoms with E-state index in [0.29, 0.717) is 25.4 Å². The van der Waals surface area contributed by atoms with E-state index in [2.05, 4.69) is 17.1 Å². The summed E-state index contributed by atoms with van der Waals surface area (Å²) in [7, 11) is 0. The Morgan fingerprint density at radius 3 is 2.46 bits per heavy atom. The minimum atomic E-state index is 0.0729. The summed E-state index contributed by atoms with van der Waals surface area (Å²) < 4.78 is 0. The number of amides is 2. The van der Waals surface area contributed by atoms with Crippen LogP contribution < -0.4 is 5.32 Å². The monoisotopic (exact) mass is 349 g/mol. The zero-order chi connectivity index (χ0) is 17.4. The number of benzene rings is 1. The molecule has 0 radical (unpaired) electrons. The Labute approximate surface area is 148 Å². The first-order valence-corrected chi connectivity index (χ1v) is 9.54. The van der Waals surface area contributed by atoms with Gasteiger partial charge < -0.3 is 10.2 Å². The van der Waals surface area contributed by atoms with Crippen LogP contribution in [0.1, 0.15) is 20.3 Å². The van der Waals surface area contributed by atoms with E-state index < -0.39 is 0 Å². The predicted molar refractivity (Wildman–Crippen MR) is 98.1 cm³/mol. The lowest BCUT2D eigenvalue weighted by Gasteiger charge is -2.34. The zero-order valence-electron chi connectivity index (χ0n) is 14.5. The van der Waals surface area contributed by atoms with Crippen molar-refractivity contribution in [2.45, 2.75) is 31.2 Å². The molecule has 0 aliphatic carbocycles. The number of nitrogens with zero attached hydrogens (tertiary/aromatic N) is 2. The second kappa shape index (κ2) is 9.69. The summed E-state index contributed by atoms with van der Waals surface area (Å²) in [5, 5.41) is 2.98. The molecule has 0 aromatic heterocycles. The summed E-state index contributed by atoms with van der Waals surface area (Å²) in [6, 6.07) is 10.2. The molecule has 1 aromatic rings. The molecule has 24 heavy (non-hydrogen) atoms. The number of rotatable bonds is 7. The van der Waals surface area contributed by atoms with E-state index in [4.69, 9.17) is 0 Å². The second-order valence-corrected chi connectivity index (χ2v) is 7.18.